The molecule has 3 aromatic rings. The van der Waals surface area contributed by atoms with Crippen molar-refractivity contribution in [3.05, 3.63) is 74.8 Å². The normalized spacial score (nSPS) is 17.9. The molecule has 35 heavy (non-hydrogen) atoms. The molecule has 0 bridgehead atoms. The molecule has 12 nitrogen and oxygen atoms in total. The van der Waals surface area contributed by atoms with Crippen molar-refractivity contribution in [3.63, 3.8) is 0 Å². The highest BCUT2D eigenvalue weighted by molar-refractivity contribution is 6.22. The highest BCUT2D eigenvalue weighted by Gasteiger charge is 2.48. The minimum absolute atomic E-state index is 0.0483. The van der Waals surface area contributed by atoms with Crippen LogP contribution in [0.5, 0.6) is 5.75 Å². The fourth-order valence-electron chi connectivity index (χ4n) is 4.31. The first kappa shape index (κ1) is 22.5. The summed E-state index contributed by atoms with van der Waals surface area (Å²) in [5.41, 5.74) is 0.500. The number of imide groups is 1. The number of anilines is 1. The third-order valence-corrected chi connectivity index (χ3v) is 6.26. The maximum Gasteiger partial charge on any atom is 0.431 e. The number of nitrogens with zero attached hydrogens (tertiary/aromatic N) is 4. The smallest absolute Gasteiger partial charge is 0.431 e. The van der Waals surface area contributed by atoms with Crippen LogP contribution >= 0.6 is 0 Å². The molecule has 1 aliphatic heterocycles. The number of nitro groups is 1. The third kappa shape index (κ3) is 4.19. The number of H-pyrrole nitrogens is 1. The molecule has 2 fully saturated rings. The molecule has 5 rings (SSSR count). The van der Waals surface area contributed by atoms with Crippen molar-refractivity contribution in [2.24, 2.45) is 0 Å². The van der Waals surface area contributed by atoms with Gasteiger partial charge in [0.25, 0.3) is 11.6 Å². The van der Waals surface area contributed by atoms with Crippen LogP contribution in [0, 0.1) is 10.1 Å². The molecule has 2 aromatic carbocycles. The number of benzene rings is 2. The molecular weight excluding hydrogens is 458 g/mol. The summed E-state index contributed by atoms with van der Waals surface area (Å²) in [6.07, 6.45) is 1.63. The molecule has 2 heterocycles. The average Bonchev–Trinajstić information content (AvgIpc) is 3.58. The van der Waals surface area contributed by atoms with Crippen LogP contribution < -0.4 is 19.9 Å². The van der Waals surface area contributed by atoms with Crippen LogP contribution in [0.3, 0.4) is 0 Å². The Morgan fingerprint density at radius 1 is 1.14 bits per heavy atom. The molecule has 1 N–H and O–H groups in total. The minimum Gasteiger partial charge on any atom is -0.497 e. The summed E-state index contributed by atoms with van der Waals surface area (Å²) < 4.78 is 11.7. The lowest BCUT2D eigenvalue weighted by molar-refractivity contribution is -0.678. The molecule has 1 saturated carbocycles. The number of carbonyl (C=O) groups excluding carboxylic acids is 2. The number of hydrogen-bond acceptors (Lipinski definition) is 8. The van der Waals surface area contributed by atoms with E-state index in [4.69, 9.17) is 9.26 Å². The fraction of sp³-hybridized carbons (Fsp3) is 0.304. The zero-order valence-corrected chi connectivity index (χ0v) is 18.7. The standard InChI is InChI=1S/C23H21N5O7/c1-34-18-10-8-16(9-11-18)27-20(23(31)35-24-27)13-25(14-2-3-14)19-12-21(29)26(22(19)30)15-4-6-17(7-5-15)28(32)33/h4-11,14,19H,2-3,12-13H2,1H3/p+1. The summed E-state index contributed by atoms with van der Waals surface area (Å²) in [6.45, 7) is 0.0975. The van der Waals surface area contributed by atoms with E-state index in [-0.39, 0.29) is 36.1 Å². The number of nitro benzene ring substituents is 1. The highest BCUT2D eigenvalue weighted by Crippen LogP contribution is 2.35. The van der Waals surface area contributed by atoms with E-state index in [2.05, 4.69) is 5.27 Å². The van der Waals surface area contributed by atoms with Crippen molar-refractivity contribution in [2.75, 3.05) is 12.0 Å². The predicted molar refractivity (Wildman–Crippen MR) is 120 cm³/mol. The predicted octanol–water partition coefficient (Wildman–Crippen LogP) is 1.46. The number of amides is 2. The molecule has 1 atom stereocenters. The summed E-state index contributed by atoms with van der Waals surface area (Å²) in [6, 6.07) is 11.6. The van der Waals surface area contributed by atoms with Crippen molar-refractivity contribution in [3.8, 4) is 11.4 Å². The van der Waals surface area contributed by atoms with E-state index < -0.39 is 28.4 Å². The lowest BCUT2D eigenvalue weighted by Crippen LogP contribution is -2.47. The van der Waals surface area contributed by atoms with Crippen LogP contribution in [0.1, 0.15) is 25.0 Å². The summed E-state index contributed by atoms with van der Waals surface area (Å²) >= 11 is 0. The second-order valence-corrected chi connectivity index (χ2v) is 8.43. The molecule has 0 spiro atoms. The van der Waals surface area contributed by atoms with Crippen LogP contribution in [0.15, 0.2) is 57.8 Å². The Balaban J connectivity index is 1.42. The Hall–Kier alpha value is -4.32. The third-order valence-electron chi connectivity index (χ3n) is 6.26. The number of rotatable bonds is 8. The minimum atomic E-state index is -0.760. The largest absolute Gasteiger partial charge is 0.497 e. The second-order valence-electron chi connectivity index (χ2n) is 8.43. The maximum absolute atomic E-state index is 13.3. The number of hydrogen-bond donors (Lipinski definition) is 1. The highest BCUT2D eigenvalue weighted by atomic mass is 16.6. The number of carbonyl (C=O) groups is 2. The van der Waals surface area contributed by atoms with Gasteiger partial charge in [0.2, 0.25) is 11.6 Å². The number of non-ortho nitro benzene ring substituents is 1. The maximum atomic E-state index is 13.3. The van der Waals surface area contributed by atoms with Gasteiger partial charge in [-0.25, -0.2) is 9.69 Å². The molecule has 2 amide bonds. The summed E-state index contributed by atoms with van der Waals surface area (Å²) in [7, 11) is 1.56. The summed E-state index contributed by atoms with van der Waals surface area (Å²) in [5.74, 6) is -0.168. The van der Waals surface area contributed by atoms with Crippen molar-refractivity contribution in [1.82, 2.24) is 10.2 Å². The van der Waals surface area contributed by atoms with Gasteiger partial charge >= 0.3 is 11.3 Å². The van der Waals surface area contributed by atoms with Crippen LogP contribution in [-0.2, 0) is 16.1 Å². The molecule has 1 aromatic heterocycles. The zero-order chi connectivity index (χ0) is 24.7. The number of aromatic amines is 1. The first-order valence-corrected chi connectivity index (χ1v) is 11.0. The topological polar surface area (TPSA) is 143 Å². The molecule has 180 valence electrons. The van der Waals surface area contributed by atoms with Crippen molar-refractivity contribution < 1.29 is 28.5 Å². The van der Waals surface area contributed by atoms with Crippen LogP contribution in [0.4, 0.5) is 11.4 Å². The molecule has 0 radical (unpaired) electrons. The zero-order valence-electron chi connectivity index (χ0n) is 18.7. The van der Waals surface area contributed by atoms with E-state index in [0.717, 1.165) is 17.7 Å². The Labute approximate surface area is 198 Å². The monoisotopic (exact) mass is 480 g/mol. The average molecular weight is 480 g/mol. The molecule has 1 aliphatic carbocycles. The number of ether oxygens (including phenoxy) is 1. The van der Waals surface area contributed by atoms with Crippen molar-refractivity contribution in [1.29, 1.82) is 0 Å². The van der Waals surface area contributed by atoms with E-state index >= 15 is 0 Å². The summed E-state index contributed by atoms with van der Waals surface area (Å²) in [4.78, 5) is 52.0. The van der Waals surface area contributed by atoms with Gasteiger partial charge in [0.05, 0.1) is 36.7 Å². The number of aromatic nitrogens is 2. The molecule has 1 unspecified atom stereocenters. The van der Waals surface area contributed by atoms with Gasteiger partial charge in [-0.3, -0.25) is 29.1 Å². The lowest BCUT2D eigenvalue weighted by atomic mass is 10.2. The lowest BCUT2D eigenvalue weighted by Gasteiger charge is -2.25. The Bertz CT molecular complexity index is 1340. The van der Waals surface area contributed by atoms with Crippen molar-refractivity contribution >= 4 is 23.2 Å². The van der Waals surface area contributed by atoms with Gasteiger partial charge in [0, 0.05) is 30.3 Å². The molecular formula is C23H22N5O7+. The first-order chi connectivity index (χ1) is 16.9. The van der Waals surface area contributed by atoms with Gasteiger partial charge < -0.3 is 4.74 Å². The van der Waals surface area contributed by atoms with Crippen LogP contribution in [0.25, 0.3) is 5.69 Å². The number of methoxy groups -OCH3 is 1. The first-order valence-electron chi connectivity index (χ1n) is 11.0. The quantitative estimate of drug-likeness (QED) is 0.221. The molecule has 12 heteroatoms. The van der Waals surface area contributed by atoms with Crippen LogP contribution in [-0.4, -0.2) is 46.1 Å². The Morgan fingerprint density at radius 3 is 2.43 bits per heavy atom. The second kappa shape index (κ2) is 8.80. The summed E-state index contributed by atoms with van der Waals surface area (Å²) in [5, 5.41) is 13.5. The van der Waals surface area contributed by atoms with E-state index in [1.807, 2.05) is 4.90 Å². The fourth-order valence-corrected chi connectivity index (χ4v) is 4.31. The van der Waals surface area contributed by atoms with Crippen molar-refractivity contribution in [2.45, 2.75) is 37.9 Å². The Morgan fingerprint density at radius 2 is 1.83 bits per heavy atom. The van der Waals surface area contributed by atoms with E-state index in [1.54, 1.807) is 31.4 Å². The van der Waals surface area contributed by atoms with Gasteiger partial charge in [-0.1, -0.05) is 0 Å². The Kier molecular flexibility index (Phi) is 5.65. The van der Waals surface area contributed by atoms with Gasteiger partial charge in [0.1, 0.15) is 5.75 Å². The SMILES string of the molecule is COc1ccc(-[n+]2[nH]oc(=O)c2CN(C2CC2)C2CC(=O)N(c3ccc([N+](=O)[O-])cc3)C2=O)cc1. The number of nitrogens with one attached hydrogen (secondary N) is 1. The van der Waals surface area contributed by atoms with Gasteiger partial charge in [-0.2, -0.15) is 0 Å². The van der Waals surface area contributed by atoms with Gasteiger partial charge in [-0.15, -0.1) is 0 Å². The van der Waals surface area contributed by atoms with Gasteiger partial charge in [-0.05, 0) is 47.1 Å². The van der Waals surface area contributed by atoms with Gasteiger partial charge in [0.15, 0.2) is 0 Å². The van der Waals surface area contributed by atoms with E-state index in [0.29, 0.717) is 11.4 Å². The van der Waals surface area contributed by atoms with E-state index in [1.165, 1.54) is 28.9 Å². The van der Waals surface area contributed by atoms with Crippen LogP contribution in [0.2, 0.25) is 0 Å². The molecule has 1 saturated heterocycles. The molecule has 2 aliphatic rings. The van der Waals surface area contributed by atoms with E-state index in [9.17, 15) is 24.5 Å².